The van der Waals surface area contributed by atoms with Gasteiger partial charge >= 0.3 is 0 Å². The van der Waals surface area contributed by atoms with Crippen molar-refractivity contribution in [3.05, 3.63) is 59.7 Å². The number of hydrogen-bond donors (Lipinski definition) is 2. The number of nitrogens with zero attached hydrogens (tertiary/aromatic N) is 2. The lowest BCUT2D eigenvalue weighted by Gasteiger charge is -2.11. The van der Waals surface area contributed by atoms with Gasteiger partial charge in [0.2, 0.25) is 6.79 Å². The van der Waals surface area contributed by atoms with Gasteiger partial charge in [-0.2, -0.15) is 0 Å². The Morgan fingerprint density at radius 1 is 0.929 bits per heavy atom. The topological polar surface area (TPSA) is 102 Å². The van der Waals surface area contributed by atoms with Crippen LogP contribution in [-0.4, -0.2) is 25.4 Å². The fourth-order valence-corrected chi connectivity index (χ4v) is 3.73. The monoisotopic (exact) mass is 398 g/mol. The second kappa shape index (κ2) is 7.01. The number of sulfonamides is 1. The molecule has 144 valence electrons. The predicted molar refractivity (Wildman–Crippen MR) is 105 cm³/mol. The van der Waals surface area contributed by atoms with Gasteiger partial charge in [-0.3, -0.25) is 4.72 Å². The minimum Gasteiger partial charge on any atom is -0.454 e. The summed E-state index contributed by atoms with van der Waals surface area (Å²) in [4.78, 5) is 0.0520. The summed E-state index contributed by atoms with van der Waals surface area (Å²) < 4.78 is 38.0. The average Bonchev–Trinajstić information content (AvgIpc) is 3.15. The number of benzene rings is 2. The molecule has 1 aliphatic rings. The normalized spacial score (nSPS) is 12.6. The lowest BCUT2D eigenvalue weighted by atomic mass is 10.1. The highest BCUT2D eigenvalue weighted by molar-refractivity contribution is 7.92. The molecule has 0 atom stereocenters. The first kappa shape index (κ1) is 18.1. The second-order valence-electron chi connectivity index (χ2n) is 6.30. The summed E-state index contributed by atoms with van der Waals surface area (Å²) in [6.07, 6.45) is 0. The Kier molecular flexibility index (Phi) is 4.52. The first-order valence-corrected chi connectivity index (χ1v) is 10.0. The fourth-order valence-electron chi connectivity index (χ4n) is 2.72. The standard InChI is InChI=1S/C19H18N4O4S/c1-12-4-3-5-15(13(12)2)20-18-8-9-19(22-21-18)23-28(24,25)14-6-7-16-17(10-14)27-11-26-16/h3-10H,11H2,1-2H3,(H,20,21)(H,22,23). The minimum absolute atomic E-state index is 0.0520. The van der Waals surface area contributed by atoms with E-state index in [9.17, 15) is 8.42 Å². The largest absolute Gasteiger partial charge is 0.454 e. The smallest absolute Gasteiger partial charge is 0.263 e. The lowest BCUT2D eigenvalue weighted by molar-refractivity contribution is 0.174. The van der Waals surface area contributed by atoms with Crippen LogP contribution in [0.5, 0.6) is 11.5 Å². The highest BCUT2D eigenvalue weighted by atomic mass is 32.2. The van der Waals surface area contributed by atoms with Gasteiger partial charge < -0.3 is 14.8 Å². The molecule has 0 amide bonds. The Morgan fingerprint density at radius 2 is 1.68 bits per heavy atom. The van der Waals surface area contributed by atoms with Crippen LogP contribution in [0, 0.1) is 13.8 Å². The summed E-state index contributed by atoms with van der Waals surface area (Å²) in [6.45, 7) is 4.12. The third-order valence-electron chi connectivity index (χ3n) is 4.43. The molecule has 28 heavy (non-hydrogen) atoms. The van der Waals surface area contributed by atoms with Crippen molar-refractivity contribution in [3.8, 4) is 11.5 Å². The number of anilines is 3. The Morgan fingerprint density at radius 3 is 2.46 bits per heavy atom. The highest BCUT2D eigenvalue weighted by Crippen LogP contribution is 2.34. The van der Waals surface area contributed by atoms with Crippen LogP contribution in [0.25, 0.3) is 0 Å². The van der Waals surface area contributed by atoms with E-state index in [0.29, 0.717) is 17.3 Å². The van der Waals surface area contributed by atoms with E-state index in [4.69, 9.17) is 9.47 Å². The van der Waals surface area contributed by atoms with Crippen molar-refractivity contribution >= 4 is 27.3 Å². The maximum absolute atomic E-state index is 12.6. The number of aromatic nitrogens is 2. The van der Waals surface area contributed by atoms with Gasteiger partial charge in [-0.25, -0.2) is 8.42 Å². The van der Waals surface area contributed by atoms with E-state index in [2.05, 4.69) is 20.2 Å². The van der Waals surface area contributed by atoms with Crippen LogP contribution in [0.2, 0.25) is 0 Å². The zero-order chi connectivity index (χ0) is 19.7. The zero-order valence-corrected chi connectivity index (χ0v) is 16.1. The predicted octanol–water partition coefficient (Wildman–Crippen LogP) is 3.37. The van der Waals surface area contributed by atoms with Crippen LogP contribution in [0.1, 0.15) is 11.1 Å². The van der Waals surface area contributed by atoms with Crippen molar-refractivity contribution in [1.29, 1.82) is 0 Å². The SMILES string of the molecule is Cc1cccc(Nc2ccc(NS(=O)(=O)c3ccc4c(c3)OCO4)nn2)c1C. The van der Waals surface area contributed by atoms with Crippen LogP contribution < -0.4 is 19.5 Å². The van der Waals surface area contributed by atoms with E-state index < -0.39 is 10.0 Å². The molecule has 0 fully saturated rings. The van der Waals surface area contributed by atoms with E-state index in [-0.39, 0.29) is 17.5 Å². The Labute approximate surface area is 162 Å². The Hall–Kier alpha value is -3.33. The van der Waals surface area contributed by atoms with Crippen molar-refractivity contribution in [2.24, 2.45) is 0 Å². The van der Waals surface area contributed by atoms with Crippen molar-refractivity contribution in [2.75, 3.05) is 16.8 Å². The molecule has 1 aliphatic heterocycles. The quantitative estimate of drug-likeness (QED) is 0.679. The zero-order valence-electron chi connectivity index (χ0n) is 15.3. The van der Waals surface area contributed by atoms with E-state index in [1.54, 1.807) is 18.2 Å². The molecule has 0 saturated carbocycles. The van der Waals surface area contributed by atoms with E-state index >= 15 is 0 Å². The summed E-state index contributed by atoms with van der Waals surface area (Å²) in [7, 11) is -3.83. The molecule has 0 saturated heterocycles. The van der Waals surface area contributed by atoms with E-state index in [1.807, 2.05) is 32.0 Å². The van der Waals surface area contributed by atoms with E-state index in [1.165, 1.54) is 12.1 Å². The van der Waals surface area contributed by atoms with Gasteiger partial charge in [0, 0.05) is 11.8 Å². The number of fused-ring (bicyclic) bond motifs is 1. The lowest BCUT2D eigenvalue weighted by Crippen LogP contribution is -2.14. The molecule has 9 heteroatoms. The molecule has 2 aromatic carbocycles. The maximum Gasteiger partial charge on any atom is 0.263 e. The molecule has 3 aromatic rings. The first-order chi connectivity index (χ1) is 13.4. The van der Waals surface area contributed by atoms with E-state index in [0.717, 1.165) is 16.8 Å². The number of hydrogen-bond acceptors (Lipinski definition) is 7. The van der Waals surface area contributed by atoms with Gasteiger partial charge in [0.25, 0.3) is 10.0 Å². The second-order valence-corrected chi connectivity index (χ2v) is 7.98. The van der Waals surface area contributed by atoms with Gasteiger partial charge in [0.15, 0.2) is 23.1 Å². The van der Waals surface area contributed by atoms with Crippen LogP contribution >= 0.6 is 0 Å². The summed E-state index contributed by atoms with van der Waals surface area (Å²) in [6, 6.07) is 13.5. The number of rotatable bonds is 5. The third-order valence-corrected chi connectivity index (χ3v) is 5.78. The molecule has 1 aromatic heterocycles. The van der Waals surface area contributed by atoms with Gasteiger partial charge in [-0.05, 0) is 55.3 Å². The van der Waals surface area contributed by atoms with Gasteiger partial charge in [-0.1, -0.05) is 12.1 Å². The third kappa shape index (κ3) is 3.56. The molecule has 0 aliphatic carbocycles. The number of aryl methyl sites for hydroxylation is 1. The Bertz CT molecular complexity index is 1130. The van der Waals surface area contributed by atoms with Crippen LogP contribution in [0.15, 0.2) is 53.4 Å². The molecule has 0 spiro atoms. The number of nitrogens with one attached hydrogen (secondary N) is 2. The van der Waals surface area contributed by atoms with Crippen molar-refractivity contribution in [1.82, 2.24) is 10.2 Å². The molecule has 0 bridgehead atoms. The molecular weight excluding hydrogens is 380 g/mol. The fraction of sp³-hybridized carbons (Fsp3) is 0.158. The molecule has 0 unspecified atom stereocenters. The van der Waals surface area contributed by atoms with Gasteiger partial charge in [-0.15, -0.1) is 10.2 Å². The van der Waals surface area contributed by atoms with Crippen molar-refractivity contribution in [3.63, 3.8) is 0 Å². The molecule has 8 nitrogen and oxygen atoms in total. The molecule has 4 rings (SSSR count). The van der Waals surface area contributed by atoms with Crippen LogP contribution in [0.3, 0.4) is 0 Å². The van der Waals surface area contributed by atoms with Gasteiger partial charge in [0.1, 0.15) is 0 Å². The number of ether oxygens (including phenoxy) is 2. The summed E-state index contributed by atoms with van der Waals surface area (Å²) in [5.74, 6) is 1.53. The Balaban J connectivity index is 1.50. The van der Waals surface area contributed by atoms with Crippen LogP contribution in [-0.2, 0) is 10.0 Å². The molecule has 0 radical (unpaired) electrons. The van der Waals surface area contributed by atoms with Crippen molar-refractivity contribution in [2.45, 2.75) is 18.7 Å². The maximum atomic E-state index is 12.6. The summed E-state index contributed by atoms with van der Waals surface area (Å²) >= 11 is 0. The summed E-state index contributed by atoms with van der Waals surface area (Å²) in [5.41, 5.74) is 3.19. The highest BCUT2D eigenvalue weighted by Gasteiger charge is 2.21. The first-order valence-electron chi connectivity index (χ1n) is 8.52. The minimum atomic E-state index is -3.83. The average molecular weight is 398 g/mol. The summed E-state index contributed by atoms with van der Waals surface area (Å²) in [5, 5.41) is 11.2. The van der Waals surface area contributed by atoms with Crippen molar-refractivity contribution < 1.29 is 17.9 Å². The van der Waals surface area contributed by atoms with Gasteiger partial charge in [0.05, 0.1) is 4.90 Å². The molecule has 2 N–H and O–H groups in total. The van der Waals surface area contributed by atoms with Crippen LogP contribution in [0.4, 0.5) is 17.3 Å². The molecular formula is C19H18N4O4S. The molecule has 2 heterocycles.